The highest BCUT2D eigenvalue weighted by Crippen LogP contribution is 2.12. The number of carboxylic acids is 1. The number of rotatable bonds is 9. The molecule has 0 bridgehead atoms. The van der Waals surface area contributed by atoms with Gasteiger partial charge in [-0.05, 0) is 24.1 Å². The summed E-state index contributed by atoms with van der Waals surface area (Å²) < 4.78 is 10.7. The lowest BCUT2D eigenvalue weighted by Crippen LogP contribution is -2.07. The maximum absolute atomic E-state index is 10.5. The fourth-order valence-electron chi connectivity index (χ4n) is 1.37. The van der Waals surface area contributed by atoms with Gasteiger partial charge in [-0.25, -0.2) is 0 Å². The van der Waals surface area contributed by atoms with Crippen LogP contribution in [0.25, 0.3) is 0 Å². The largest absolute Gasteiger partial charge is 0.491 e. The minimum atomic E-state index is -0.834. The second-order valence-electron chi connectivity index (χ2n) is 3.75. The number of hydrogen-bond acceptors (Lipinski definition) is 3. The molecule has 0 fully saturated rings. The third-order valence-electron chi connectivity index (χ3n) is 2.24. The summed E-state index contributed by atoms with van der Waals surface area (Å²) >= 11 is 0. The van der Waals surface area contributed by atoms with Gasteiger partial charge in [-0.3, -0.25) is 4.79 Å². The van der Waals surface area contributed by atoms with E-state index in [1.807, 2.05) is 6.08 Å². The Morgan fingerprint density at radius 3 is 2.56 bits per heavy atom. The van der Waals surface area contributed by atoms with Gasteiger partial charge in [-0.15, -0.1) is 6.58 Å². The van der Waals surface area contributed by atoms with E-state index in [4.69, 9.17) is 14.6 Å². The number of benzene rings is 1. The molecule has 18 heavy (non-hydrogen) atoms. The predicted octanol–water partition coefficient (Wildman–Crippen LogP) is 2.29. The normalized spacial score (nSPS) is 10.0. The molecule has 0 aliphatic heterocycles. The maximum atomic E-state index is 10.5. The van der Waals surface area contributed by atoms with Crippen LogP contribution in [0, 0.1) is 0 Å². The Morgan fingerprint density at radius 2 is 1.94 bits per heavy atom. The van der Waals surface area contributed by atoms with Gasteiger partial charge in [0.05, 0.1) is 19.6 Å². The second-order valence-corrected chi connectivity index (χ2v) is 3.75. The molecule has 0 saturated carbocycles. The summed E-state index contributed by atoms with van der Waals surface area (Å²) in [5.41, 5.74) is 0.761. The summed E-state index contributed by atoms with van der Waals surface area (Å²) in [6, 6.07) is 7.04. The molecule has 1 rings (SSSR count). The van der Waals surface area contributed by atoms with Crippen LogP contribution in [0.5, 0.6) is 5.75 Å². The van der Waals surface area contributed by atoms with Crippen LogP contribution in [-0.2, 0) is 16.0 Å². The van der Waals surface area contributed by atoms with Gasteiger partial charge in [-0.1, -0.05) is 18.2 Å². The number of hydrogen-bond donors (Lipinski definition) is 1. The third-order valence-corrected chi connectivity index (χ3v) is 2.24. The standard InChI is InChI=1S/C14H18O4/c1-2-3-8-17-9-10-18-13-6-4-12(5-7-13)11-14(15)16/h2,4-7H,1,3,8-11H2,(H,15,16). The average Bonchev–Trinajstić information content (AvgIpc) is 2.35. The van der Waals surface area contributed by atoms with Crippen LogP contribution < -0.4 is 4.74 Å². The molecule has 0 aromatic heterocycles. The summed E-state index contributed by atoms with van der Waals surface area (Å²) in [4.78, 5) is 10.5. The van der Waals surface area contributed by atoms with Crippen LogP contribution in [0.3, 0.4) is 0 Å². The van der Waals surface area contributed by atoms with Gasteiger partial charge in [0.25, 0.3) is 0 Å². The summed E-state index contributed by atoms with van der Waals surface area (Å²) in [5.74, 6) is -0.115. The van der Waals surface area contributed by atoms with Crippen molar-refractivity contribution in [2.45, 2.75) is 12.8 Å². The van der Waals surface area contributed by atoms with Crippen LogP contribution in [0.2, 0.25) is 0 Å². The topological polar surface area (TPSA) is 55.8 Å². The Bertz CT molecular complexity index is 370. The van der Waals surface area contributed by atoms with Crippen LogP contribution in [0.15, 0.2) is 36.9 Å². The van der Waals surface area contributed by atoms with Crippen molar-refractivity contribution in [2.75, 3.05) is 19.8 Å². The minimum Gasteiger partial charge on any atom is -0.491 e. The molecule has 1 aromatic carbocycles. The molecular formula is C14H18O4. The summed E-state index contributed by atoms with van der Waals surface area (Å²) in [6.45, 7) is 5.27. The van der Waals surface area contributed by atoms with E-state index >= 15 is 0 Å². The zero-order valence-corrected chi connectivity index (χ0v) is 10.3. The zero-order valence-electron chi connectivity index (χ0n) is 10.3. The van der Waals surface area contributed by atoms with Crippen molar-refractivity contribution >= 4 is 5.97 Å². The van der Waals surface area contributed by atoms with Gasteiger partial charge in [-0.2, -0.15) is 0 Å². The lowest BCUT2D eigenvalue weighted by atomic mass is 10.1. The van der Waals surface area contributed by atoms with Gasteiger partial charge in [0, 0.05) is 0 Å². The molecule has 0 radical (unpaired) electrons. The Labute approximate surface area is 107 Å². The molecule has 1 aromatic rings. The van der Waals surface area contributed by atoms with Gasteiger partial charge in [0.2, 0.25) is 0 Å². The first-order valence-corrected chi connectivity index (χ1v) is 5.84. The lowest BCUT2D eigenvalue weighted by molar-refractivity contribution is -0.136. The molecule has 1 N–H and O–H groups in total. The Hall–Kier alpha value is -1.81. The van der Waals surface area contributed by atoms with E-state index < -0.39 is 5.97 Å². The number of carboxylic acid groups (broad SMARTS) is 1. The summed E-state index contributed by atoms with van der Waals surface area (Å²) in [5, 5.41) is 8.63. The quantitative estimate of drug-likeness (QED) is 0.539. The third kappa shape index (κ3) is 6.06. The van der Waals surface area contributed by atoms with Crippen molar-refractivity contribution in [1.82, 2.24) is 0 Å². The maximum Gasteiger partial charge on any atom is 0.307 e. The SMILES string of the molecule is C=CCCOCCOc1ccc(CC(=O)O)cc1. The van der Waals surface area contributed by atoms with E-state index in [-0.39, 0.29) is 6.42 Å². The Balaban J connectivity index is 2.22. The first-order valence-electron chi connectivity index (χ1n) is 5.84. The van der Waals surface area contributed by atoms with Crippen LogP contribution in [0.1, 0.15) is 12.0 Å². The van der Waals surface area contributed by atoms with Gasteiger partial charge < -0.3 is 14.6 Å². The van der Waals surface area contributed by atoms with E-state index in [2.05, 4.69) is 6.58 Å². The van der Waals surface area contributed by atoms with E-state index in [1.54, 1.807) is 24.3 Å². The average molecular weight is 250 g/mol. The van der Waals surface area contributed by atoms with Gasteiger partial charge in [0.15, 0.2) is 0 Å². The zero-order chi connectivity index (χ0) is 13.2. The van der Waals surface area contributed by atoms with E-state index in [0.717, 1.165) is 17.7 Å². The molecule has 0 amide bonds. The van der Waals surface area contributed by atoms with Crippen molar-refractivity contribution in [3.8, 4) is 5.75 Å². The van der Waals surface area contributed by atoms with Crippen LogP contribution >= 0.6 is 0 Å². The second kappa shape index (κ2) is 8.31. The molecule has 98 valence electrons. The van der Waals surface area contributed by atoms with Crippen LogP contribution in [-0.4, -0.2) is 30.9 Å². The molecule has 0 saturated heterocycles. The highest BCUT2D eigenvalue weighted by Gasteiger charge is 2.00. The van der Waals surface area contributed by atoms with Crippen molar-refractivity contribution in [2.24, 2.45) is 0 Å². The molecule has 0 unspecified atom stereocenters. The van der Waals surface area contributed by atoms with Gasteiger partial charge in [0.1, 0.15) is 12.4 Å². The highest BCUT2D eigenvalue weighted by atomic mass is 16.5. The fourth-order valence-corrected chi connectivity index (χ4v) is 1.37. The van der Waals surface area contributed by atoms with E-state index in [0.29, 0.717) is 19.8 Å². The first kappa shape index (κ1) is 14.3. The Kier molecular flexibility index (Phi) is 6.58. The Morgan fingerprint density at radius 1 is 1.22 bits per heavy atom. The van der Waals surface area contributed by atoms with E-state index in [9.17, 15) is 4.79 Å². The number of carbonyl (C=O) groups is 1. The number of ether oxygens (including phenoxy) is 2. The molecule has 0 atom stereocenters. The molecule has 0 spiro atoms. The number of aliphatic carboxylic acids is 1. The summed E-state index contributed by atoms with van der Waals surface area (Å²) in [6.07, 6.45) is 2.68. The van der Waals surface area contributed by atoms with Crippen molar-refractivity contribution in [3.05, 3.63) is 42.5 Å². The first-order chi connectivity index (χ1) is 8.72. The molecule has 0 heterocycles. The smallest absolute Gasteiger partial charge is 0.307 e. The van der Waals surface area contributed by atoms with E-state index in [1.165, 1.54) is 0 Å². The van der Waals surface area contributed by atoms with Crippen molar-refractivity contribution in [1.29, 1.82) is 0 Å². The van der Waals surface area contributed by atoms with Gasteiger partial charge >= 0.3 is 5.97 Å². The van der Waals surface area contributed by atoms with Crippen LogP contribution in [0.4, 0.5) is 0 Å². The monoisotopic (exact) mass is 250 g/mol. The minimum absolute atomic E-state index is 0.0327. The molecule has 0 aliphatic rings. The summed E-state index contributed by atoms with van der Waals surface area (Å²) in [7, 11) is 0. The highest BCUT2D eigenvalue weighted by molar-refractivity contribution is 5.70. The van der Waals surface area contributed by atoms with Crippen molar-refractivity contribution in [3.63, 3.8) is 0 Å². The predicted molar refractivity (Wildman–Crippen MR) is 68.9 cm³/mol. The fraction of sp³-hybridized carbons (Fsp3) is 0.357. The van der Waals surface area contributed by atoms with Crippen molar-refractivity contribution < 1.29 is 19.4 Å². The lowest BCUT2D eigenvalue weighted by Gasteiger charge is -2.07. The molecule has 4 nitrogen and oxygen atoms in total. The molecule has 4 heteroatoms. The molecule has 0 aliphatic carbocycles. The molecular weight excluding hydrogens is 232 g/mol.